The first-order valence-corrected chi connectivity index (χ1v) is 8.21. The predicted octanol–water partition coefficient (Wildman–Crippen LogP) is 2.74. The highest BCUT2D eigenvalue weighted by Gasteiger charge is 2.23. The molecule has 24 heavy (non-hydrogen) atoms. The minimum absolute atomic E-state index is 0.120. The van der Waals surface area contributed by atoms with Crippen LogP contribution in [0.5, 0.6) is 0 Å². The van der Waals surface area contributed by atoms with Gasteiger partial charge in [-0.3, -0.25) is 4.79 Å². The molecular weight excluding hydrogens is 314 g/mol. The van der Waals surface area contributed by atoms with Gasteiger partial charge in [0.2, 0.25) is 5.91 Å². The van der Waals surface area contributed by atoms with E-state index >= 15 is 0 Å². The SMILES string of the molecule is O=C(CCCc1ccc(F)c(F)c1)N1CCC(n2ccnn2)CC1. The van der Waals surface area contributed by atoms with Crippen LogP contribution in [0, 0.1) is 11.6 Å². The molecule has 128 valence electrons. The van der Waals surface area contributed by atoms with E-state index < -0.39 is 11.6 Å². The second-order valence-electron chi connectivity index (χ2n) is 6.10. The number of halogens is 2. The molecule has 7 heteroatoms. The van der Waals surface area contributed by atoms with Gasteiger partial charge >= 0.3 is 0 Å². The number of rotatable bonds is 5. The van der Waals surface area contributed by atoms with Crippen LogP contribution in [0.25, 0.3) is 0 Å². The molecule has 0 aliphatic carbocycles. The molecule has 1 aromatic carbocycles. The second-order valence-corrected chi connectivity index (χ2v) is 6.10. The summed E-state index contributed by atoms with van der Waals surface area (Å²) < 4.78 is 27.9. The van der Waals surface area contributed by atoms with Crippen LogP contribution in [0.2, 0.25) is 0 Å². The van der Waals surface area contributed by atoms with Gasteiger partial charge in [-0.15, -0.1) is 5.10 Å². The molecule has 3 rings (SSSR count). The van der Waals surface area contributed by atoms with Crippen molar-refractivity contribution in [1.82, 2.24) is 19.9 Å². The smallest absolute Gasteiger partial charge is 0.222 e. The highest BCUT2D eigenvalue weighted by atomic mass is 19.2. The number of hydrogen-bond donors (Lipinski definition) is 0. The summed E-state index contributed by atoms with van der Waals surface area (Å²) in [4.78, 5) is 14.1. The van der Waals surface area contributed by atoms with Gasteiger partial charge in [-0.1, -0.05) is 11.3 Å². The number of hydrogen-bond acceptors (Lipinski definition) is 3. The Morgan fingerprint density at radius 2 is 2.00 bits per heavy atom. The number of nitrogens with zero attached hydrogens (tertiary/aromatic N) is 4. The van der Waals surface area contributed by atoms with Crippen LogP contribution in [-0.4, -0.2) is 38.9 Å². The Morgan fingerprint density at radius 1 is 1.21 bits per heavy atom. The lowest BCUT2D eigenvalue weighted by Gasteiger charge is -2.32. The summed E-state index contributed by atoms with van der Waals surface area (Å²) in [6.45, 7) is 1.43. The monoisotopic (exact) mass is 334 g/mol. The molecule has 0 N–H and O–H groups in total. The molecule has 1 aliphatic rings. The van der Waals surface area contributed by atoms with Gasteiger partial charge in [0.25, 0.3) is 0 Å². The average Bonchev–Trinajstić information content (AvgIpc) is 3.13. The number of benzene rings is 1. The zero-order valence-electron chi connectivity index (χ0n) is 13.4. The van der Waals surface area contributed by atoms with Crippen LogP contribution in [0.4, 0.5) is 8.78 Å². The zero-order valence-corrected chi connectivity index (χ0v) is 13.4. The number of aryl methyl sites for hydroxylation is 1. The molecule has 1 aliphatic heterocycles. The van der Waals surface area contributed by atoms with Gasteiger partial charge in [-0.05, 0) is 43.4 Å². The lowest BCUT2D eigenvalue weighted by molar-refractivity contribution is -0.132. The number of carbonyl (C=O) groups excluding carboxylic acids is 1. The molecule has 1 saturated heterocycles. The molecule has 1 amide bonds. The maximum atomic E-state index is 13.1. The Balaban J connectivity index is 1.42. The fourth-order valence-electron chi connectivity index (χ4n) is 3.09. The first kappa shape index (κ1) is 16.5. The Labute approximate surface area is 139 Å². The van der Waals surface area contributed by atoms with Crippen molar-refractivity contribution in [3.63, 3.8) is 0 Å². The van der Waals surface area contributed by atoms with E-state index in [0.29, 0.717) is 44.0 Å². The molecule has 5 nitrogen and oxygen atoms in total. The molecule has 0 unspecified atom stereocenters. The third-order valence-electron chi connectivity index (χ3n) is 4.47. The van der Waals surface area contributed by atoms with Crippen molar-refractivity contribution >= 4 is 5.91 Å². The zero-order chi connectivity index (χ0) is 16.9. The van der Waals surface area contributed by atoms with E-state index in [1.807, 2.05) is 15.8 Å². The van der Waals surface area contributed by atoms with Crippen LogP contribution in [0.15, 0.2) is 30.6 Å². The molecule has 0 bridgehead atoms. The van der Waals surface area contributed by atoms with Gasteiger partial charge in [0.1, 0.15) is 0 Å². The average molecular weight is 334 g/mol. The third kappa shape index (κ3) is 3.96. The van der Waals surface area contributed by atoms with Crippen LogP contribution in [-0.2, 0) is 11.2 Å². The summed E-state index contributed by atoms with van der Waals surface area (Å²) in [6.07, 6.45) is 6.88. The van der Waals surface area contributed by atoms with Crippen molar-refractivity contribution in [3.8, 4) is 0 Å². The van der Waals surface area contributed by atoms with Gasteiger partial charge in [0.05, 0.1) is 12.2 Å². The van der Waals surface area contributed by atoms with Gasteiger partial charge < -0.3 is 4.90 Å². The highest BCUT2D eigenvalue weighted by Crippen LogP contribution is 2.22. The van der Waals surface area contributed by atoms with Crippen LogP contribution in [0.3, 0.4) is 0 Å². The Kier molecular flexibility index (Phi) is 5.17. The van der Waals surface area contributed by atoms with Crippen molar-refractivity contribution in [2.45, 2.75) is 38.1 Å². The van der Waals surface area contributed by atoms with E-state index in [0.717, 1.165) is 18.9 Å². The van der Waals surface area contributed by atoms with E-state index in [1.54, 1.807) is 12.3 Å². The molecule has 1 fully saturated rings. The normalized spacial score (nSPS) is 15.7. The number of aromatic nitrogens is 3. The number of likely N-dealkylation sites (tertiary alicyclic amines) is 1. The standard InChI is InChI=1S/C17H20F2N4O/c18-15-5-4-13(12-16(15)19)2-1-3-17(24)22-9-6-14(7-10-22)23-11-8-20-21-23/h4-5,8,11-12,14H,1-3,6-7,9-10H2. The molecule has 2 heterocycles. The van der Waals surface area contributed by atoms with E-state index in [-0.39, 0.29) is 5.91 Å². The summed E-state index contributed by atoms with van der Waals surface area (Å²) in [7, 11) is 0. The minimum atomic E-state index is -0.843. The van der Waals surface area contributed by atoms with Crippen LogP contribution < -0.4 is 0 Å². The van der Waals surface area contributed by atoms with E-state index in [4.69, 9.17) is 0 Å². The highest BCUT2D eigenvalue weighted by molar-refractivity contribution is 5.76. The summed E-state index contributed by atoms with van der Waals surface area (Å²) in [5.41, 5.74) is 0.714. The Hall–Kier alpha value is -2.31. The van der Waals surface area contributed by atoms with Gasteiger partial charge in [-0.2, -0.15) is 0 Å². The molecule has 0 atom stereocenters. The fraction of sp³-hybridized carbons (Fsp3) is 0.471. The molecular formula is C17H20F2N4O. The van der Waals surface area contributed by atoms with Crippen molar-refractivity contribution in [1.29, 1.82) is 0 Å². The van der Waals surface area contributed by atoms with Gasteiger partial charge in [-0.25, -0.2) is 13.5 Å². The fourth-order valence-corrected chi connectivity index (χ4v) is 3.09. The summed E-state index contributed by atoms with van der Waals surface area (Å²) in [5.74, 6) is -1.56. The molecule has 0 radical (unpaired) electrons. The van der Waals surface area contributed by atoms with Crippen LogP contribution in [0.1, 0.15) is 37.3 Å². The van der Waals surface area contributed by atoms with Crippen molar-refractivity contribution in [3.05, 3.63) is 47.8 Å². The maximum Gasteiger partial charge on any atom is 0.222 e. The number of piperidine rings is 1. The summed E-state index contributed by atoms with van der Waals surface area (Å²) >= 11 is 0. The van der Waals surface area contributed by atoms with Crippen molar-refractivity contribution < 1.29 is 13.6 Å². The van der Waals surface area contributed by atoms with Crippen molar-refractivity contribution in [2.75, 3.05) is 13.1 Å². The summed E-state index contributed by atoms with van der Waals surface area (Å²) in [6, 6.07) is 4.19. The van der Waals surface area contributed by atoms with Crippen molar-refractivity contribution in [2.24, 2.45) is 0 Å². The third-order valence-corrected chi connectivity index (χ3v) is 4.47. The summed E-state index contributed by atoms with van der Waals surface area (Å²) in [5, 5.41) is 7.83. The van der Waals surface area contributed by atoms with Gasteiger partial charge in [0.15, 0.2) is 11.6 Å². The number of carbonyl (C=O) groups is 1. The Bertz CT molecular complexity index is 682. The molecule has 0 spiro atoms. The van der Waals surface area contributed by atoms with E-state index in [1.165, 1.54) is 6.07 Å². The quantitative estimate of drug-likeness (QED) is 0.845. The Morgan fingerprint density at radius 3 is 2.67 bits per heavy atom. The minimum Gasteiger partial charge on any atom is -0.343 e. The molecule has 1 aromatic heterocycles. The lowest BCUT2D eigenvalue weighted by atomic mass is 10.0. The maximum absolute atomic E-state index is 13.1. The van der Waals surface area contributed by atoms with E-state index in [2.05, 4.69) is 10.3 Å². The van der Waals surface area contributed by atoms with E-state index in [9.17, 15) is 13.6 Å². The molecule has 2 aromatic rings. The largest absolute Gasteiger partial charge is 0.343 e. The van der Waals surface area contributed by atoms with Gasteiger partial charge in [0, 0.05) is 25.7 Å². The predicted molar refractivity (Wildman–Crippen MR) is 84.2 cm³/mol. The molecule has 0 saturated carbocycles. The first-order valence-electron chi connectivity index (χ1n) is 8.21. The second kappa shape index (κ2) is 7.51. The topological polar surface area (TPSA) is 51.0 Å². The van der Waals surface area contributed by atoms with Crippen LogP contribution >= 0.6 is 0 Å². The number of amides is 1. The first-order chi connectivity index (χ1) is 11.6. The lowest BCUT2D eigenvalue weighted by Crippen LogP contribution is -2.39.